The number of carbonyl (C=O) groups is 1. The summed E-state index contributed by atoms with van der Waals surface area (Å²) in [6, 6.07) is 14.7. The summed E-state index contributed by atoms with van der Waals surface area (Å²) >= 11 is 1.71. The van der Waals surface area contributed by atoms with Crippen molar-refractivity contribution in [1.82, 2.24) is 10.0 Å². The van der Waals surface area contributed by atoms with Gasteiger partial charge in [0.25, 0.3) is 5.91 Å². The van der Waals surface area contributed by atoms with Crippen LogP contribution in [0.2, 0.25) is 0 Å². The van der Waals surface area contributed by atoms with E-state index < -0.39 is 10.0 Å². The van der Waals surface area contributed by atoms with E-state index in [9.17, 15) is 13.2 Å². The van der Waals surface area contributed by atoms with E-state index >= 15 is 0 Å². The standard InChI is InChI=1S/C20H26N2O3S2/c1-15(2)22-27(24,25)14-17-9-7-16(8-10-17)12-21-20(23)19-6-4-5-18(11-19)13-26-3/h4-11,15,22H,12-14H2,1-3H3,(H,21,23). The second-order valence-corrected chi connectivity index (χ2v) is 9.28. The van der Waals surface area contributed by atoms with E-state index in [1.165, 1.54) is 0 Å². The molecule has 1 amide bonds. The molecule has 0 aliphatic carbocycles. The second-order valence-electron chi connectivity index (χ2n) is 6.66. The van der Waals surface area contributed by atoms with Crippen LogP contribution in [0.15, 0.2) is 48.5 Å². The number of hydrogen-bond donors (Lipinski definition) is 2. The van der Waals surface area contributed by atoms with Crippen LogP contribution in [0.5, 0.6) is 0 Å². The van der Waals surface area contributed by atoms with Gasteiger partial charge in [-0.15, -0.1) is 0 Å². The van der Waals surface area contributed by atoms with Crippen molar-refractivity contribution in [2.45, 2.75) is 37.9 Å². The highest BCUT2D eigenvalue weighted by atomic mass is 32.2. The highest BCUT2D eigenvalue weighted by molar-refractivity contribution is 7.97. The summed E-state index contributed by atoms with van der Waals surface area (Å²) in [4.78, 5) is 12.3. The maximum Gasteiger partial charge on any atom is 0.251 e. The van der Waals surface area contributed by atoms with Crippen molar-refractivity contribution in [1.29, 1.82) is 0 Å². The Hall–Kier alpha value is -1.83. The molecular formula is C20H26N2O3S2. The number of hydrogen-bond acceptors (Lipinski definition) is 4. The van der Waals surface area contributed by atoms with E-state index in [2.05, 4.69) is 10.0 Å². The number of thioether (sulfide) groups is 1. The number of rotatable bonds is 9. The van der Waals surface area contributed by atoms with Gasteiger partial charge in [0.2, 0.25) is 10.0 Å². The third-order valence-electron chi connectivity index (χ3n) is 3.75. The zero-order valence-corrected chi connectivity index (χ0v) is 17.5. The lowest BCUT2D eigenvalue weighted by Crippen LogP contribution is -2.31. The van der Waals surface area contributed by atoms with E-state index in [1.807, 2.05) is 36.6 Å². The first-order valence-corrected chi connectivity index (χ1v) is 11.8. The molecule has 0 saturated carbocycles. The number of nitrogens with one attached hydrogen (secondary N) is 2. The van der Waals surface area contributed by atoms with Gasteiger partial charge in [0, 0.05) is 23.9 Å². The minimum atomic E-state index is -3.34. The van der Waals surface area contributed by atoms with Crippen molar-refractivity contribution < 1.29 is 13.2 Å². The van der Waals surface area contributed by atoms with Crippen molar-refractivity contribution in [3.8, 4) is 0 Å². The highest BCUT2D eigenvalue weighted by Crippen LogP contribution is 2.12. The lowest BCUT2D eigenvalue weighted by atomic mass is 10.1. The topological polar surface area (TPSA) is 75.3 Å². The predicted molar refractivity (Wildman–Crippen MR) is 112 cm³/mol. The highest BCUT2D eigenvalue weighted by Gasteiger charge is 2.13. The number of sulfonamides is 1. The molecule has 0 unspecified atom stereocenters. The van der Waals surface area contributed by atoms with Crippen LogP contribution >= 0.6 is 11.8 Å². The Morgan fingerprint density at radius 1 is 1.04 bits per heavy atom. The maximum absolute atomic E-state index is 12.3. The fourth-order valence-corrected chi connectivity index (χ4v) is 4.57. The number of carbonyl (C=O) groups excluding carboxylic acids is 1. The molecule has 0 saturated heterocycles. The molecule has 2 aromatic carbocycles. The Bertz CT molecular complexity index is 863. The second kappa shape index (κ2) is 9.92. The van der Waals surface area contributed by atoms with Gasteiger partial charge in [0.15, 0.2) is 0 Å². The van der Waals surface area contributed by atoms with Crippen LogP contribution in [-0.2, 0) is 28.1 Å². The average molecular weight is 407 g/mol. The van der Waals surface area contributed by atoms with Gasteiger partial charge >= 0.3 is 0 Å². The minimum absolute atomic E-state index is 0.0555. The molecule has 27 heavy (non-hydrogen) atoms. The van der Waals surface area contributed by atoms with Crippen molar-refractivity contribution in [3.63, 3.8) is 0 Å². The molecule has 0 aliphatic rings. The molecule has 2 rings (SSSR count). The van der Waals surface area contributed by atoms with Gasteiger partial charge in [-0.1, -0.05) is 36.4 Å². The molecule has 7 heteroatoms. The quantitative estimate of drug-likeness (QED) is 0.670. The van der Waals surface area contributed by atoms with Gasteiger partial charge in [0.1, 0.15) is 0 Å². The summed E-state index contributed by atoms with van der Waals surface area (Å²) < 4.78 is 26.5. The molecule has 5 nitrogen and oxygen atoms in total. The summed E-state index contributed by atoms with van der Waals surface area (Å²) in [5.74, 6) is 0.697. The number of amides is 1. The van der Waals surface area contributed by atoms with Gasteiger partial charge in [-0.25, -0.2) is 13.1 Å². The SMILES string of the molecule is CSCc1cccc(C(=O)NCc2ccc(CS(=O)(=O)NC(C)C)cc2)c1. The first-order chi connectivity index (χ1) is 12.8. The predicted octanol–water partition coefficient (Wildman–Crippen LogP) is 3.31. The Morgan fingerprint density at radius 2 is 1.70 bits per heavy atom. The van der Waals surface area contributed by atoms with Crippen LogP contribution in [0.4, 0.5) is 0 Å². The summed E-state index contributed by atoms with van der Waals surface area (Å²) in [6.45, 7) is 3.98. The van der Waals surface area contributed by atoms with Crippen LogP contribution in [0.3, 0.4) is 0 Å². The zero-order chi connectivity index (χ0) is 19.9. The van der Waals surface area contributed by atoms with Crippen LogP contribution < -0.4 is 10.0 Å². The molecule has 2 N–H and O–H groups in total. The summed E-state index contributed by atoms with van der Waals surface area (Å²) in [5, 5.41) is 2.90. The largest absolute Gasteiger partial charge is 0.348 e. The van der Waals surface area contributed by atoms with E-state index in [1.54, 1.807) is 43.8 Å². The van der Waals surface area contributed by atoms with E-state index in [4.69, 9.17) is 0 Å². The van der Waals surface area contributed by atoms with Crippen molar-refractivity contribution >= 4 is 27.7 Å². The Balaban J connectivity index is 1.93. The molecule has 0 spiro atoms. The first kappa shape index (κ1) is 21.5. The van der Waals surface area contributed by atoms with E-state index in [-0.39, 0.29) is 17.7 Å². The molecule has 0 heterocycles. The summed E-state index contributed by atoms with van der Waals surface area (Å²) in [7, 11) is -3.34. The summed E-state index contributed by atoms with van der Waals surface area (Å²) in [6.07, 6.45) is 2.03. The van der Waals surface area contributed by atoms with Crippen molar-refractivity contribution in [2.75, 3.05) is 6.26 Å². The third kappa shape index (κ3) is 7.36. The zero-order valence-electron chi connectivity index (χ0n) is 15.9. The normalized spacial score (nSPS) is 11.6. The third-order valence-corrected chi connectivity index (χ3v) is 5.91. The molecule has 146 valence electrons. The van der Waals surface area contributed by atoms with E-state index in [0.717, 1.165) is 16.9 Å². The maximum atomic E-state index is 12.3. The molecule has 0 atom stereocenters. The Morgan fingerprint density at radius 3 is 2.33 bits per heavy atom. The summed E-state index contributed by atoms with van der Waals surface area (Å²) in [5.41, 5.74) is 3.39. The molecule has 0 fully saturated rings. The van der Waals surface area contributed by atoms with Gasteiger partial charge in [-0.2, -0.15) is 11.8 Å². The van der Waals surface area contributed by atoms with Gasteiger partial charge in [-0.05, 0) is 48.9 Å². The fraction of sp³-hybridized carbons (Fsp3) is 0.350. The van der Waals surface area contributed by atoms with Crippen LogP contribution in [-0.4, -0.2) is 26.6 Å². The molecular weight excluding hydrogens is 380 g/mol. The minimum Gasteiger partial charge on any atom is -0.348 e. The van der Waals surface area contributed by atoms with Crippen molar-refractivity contribution in [2.24, 2.45) is 0 Å². The van der Waals surface area contributed by atoms with Gasteiger partial charge in [-0.3, -0.25) is 4.79 Å². The Kier molecular flexibility index (Phi) is 7.89. The van der Waals surface area contributed by atoms with E-state index in [0.29, 0.717) is 17.7 Å². The molecule has 0 bridgehead atoms. The Labute approximate surface area is 166 Å². The van der Waals surface area contributed by atoms with Gasteiger partial charge in [0.05, 0.1) is 5.75 Å². The van der Waals surface area contributed by atoms with Crippen LogP contribution in [0.1, 0.15) is 40.9 Å². The van der Waals surface area contributed by atoms with Crippen molar-refractivity contribution in [3.05, 3.63) is 70.8 Å². The molecule has 2 aromatic rings. The lowest BCUT2D eigenvalue weighted by Gasteiger charge is -2.10. The lowest BCUT2D eigenvalue weighted by molar-refractivity contribution is 0.0951. The van der Waals surface area contributed by atoms with Gasteiger partial charge < -0.3 is 5.32 Å². The number of benzene rings is 2. The van der Waals surface area contributed by atoms with Crippen LogP contribution in [0, 0.1) is 0 Å². The average Bonchev–Trinajstić information content (AvgIpc) is 2.60. The monoisotopic (exact) mass is 406 g/mol. The van der Waals surface area contributed by atoms with Crippen LogP contribution in [0.25, 0.3) is 0 Å². The molecule has 0 radical (unpaired) electrons. The first-order valence-electron chi connectivity index (χ1n) is 8.73. The molecule has 0 aliphatic heterocycles. The fourth-order valence-electron chi connectivity index (χ4n) is 2.63. The smallest absolute Gasteiger partial charge is 0.251 e. The molecule has 0 aromatic heterocycles.